The summed E-state index contributed by atoms with van der Waals surface area (Å²) >= 11 is 5.93. The molecule has 15 heavy (non-hydrogen) atoms. The molecule has 0 aromatic heterocycles. The molecule has 0 aliphatic rings. The van der Waals surface area contributed by atoms with Gasteiger partial charge in [-0.3, -0.25) is 4.79 Å². The number of anilines is 1. The smallest absolute Gasteiger partial charge is 0.225 e. The van der Waals surface area contributed by atoms with E-state index < -0.39 is 0 Å². The van der Waals surface area contributed by atoms with Crippen LogP contribution in [0.25, 0.3) is 0 Å². The molecule has 1 rings (SSSR count). The lowest BCUT2D eigenvalue weighted by Crippen LogP contribution is -2.16. The Morgan fingerprint density at radius 1 is 1.53 bits per heavy atom. The molecule has 0 unspecified atom stereocenters. The number of carbonyl (C=O) groups excluding carboxylic acids is 1. The predicted octanol–water partition coefficient (Wildman–Crippen LogP) is 2.36. The summed E-state index contributed by atoms with van der Waals surface area (Å²) in [6.07, 6.45) is 0.310. The maximum Gasteiger partial charge on any atom is 0.225 e. The number of carbonyl (C=O) groups is 1. The number of hydrogen-bond donors (Lipinski definition) is 2. The minimum Gasteiger partial charge on any atom is -0.330 e. The van der Waals surface area contributed by atoms with Crippen LogP contribution < -0.4 is 11.1 Å². The van der Waals surface area contributed by atoms with Gasteiger partial charge in [0, 0.05) is 13.0 Å². The van der Waals surface area contributed by atoms with Gasteiger partial charge in [-0.25, -0.2) is 0 Å². The van der Waals surface area contributed by atoms with Crippen LogP contribution in [-0.4, -0.2) is 12.5 Å². The van der Waals surface area contributed by atoms with Crippen molar-refractivity contribution >= 4 is 35.6 Å². The second-order valence-electron chi connectivity index (χ2n) is 3.07. The minimum absolute atomic E-state index is 0. The Morgan fingerprint density at radius 3 is 2.73 bits per heavy atom. The third-order valence-corrected chi connectivity index (χ3v) is 2.08. The Balaban J connectivity index is 0.00000196. The third-order valence-electron chi connectivity index (χ3n) is 1.77. The van der Waals surface area contributed by atoms with Gasteiger partial charge in [-0.1, -0.05) is 17.7 Å². The van der Waals surface area contributed by atoms with Crippen molar-refractivity contribution < 1.29 is 4.79 Å². The number of nitrogens with two attached hydrogens (primary N) is 1. The summed E-state index contributed by atoms with van der Waals surface area (Å²) in [6, 6.07) is 5.48. The summed E-state index contributed by atoms with van der Waals surface area (Å²) in [5.41, 5.74) is 6.95. The minimum atomic E-state index is -0.113. The van der Waals surface area contributed by atoms with Gasteiger partial charge in [0.15, 0.2) is 0 Å². The molecule has 0 radical (unpaired) electrons. The number of halogens is 2. The molecular formula is C10H14Cl2N2O. The van der Waals surface area contributed by atoms with Gasteiger partial charge < -0.3 is 11.1 Å². The molecule has 0 saturated carbocycles. The van der Waals surface area contributed by atoms with Crippen molar-refractivity contribution in [3.63, 3.8) is 0 Å². The normalized spacial score (nSPS) is 9.27. The number of aryl methyl sites for hydroxylation is 1. The number of hydrogen-bond acceptors (Lipinski definition) is 2. The number of rotatable bonds is 3. The fourth-order valence-electron chi connectivity index (χ4n) is 1.07. The maximum atomic E-state index is 11.2. The Morgan fingerprint density at radius 2 is 2.20 bits per heavy atom. The Labute approximate surface area is 100 Å². The molecule has 0 saturated heterocycles. The first-order chi connectivity index (χ1) is 6.63. The molecule has 0 heterocycles. The molecule has 0 spiro atoms. The first-order valence-corrected chi connectivity index (χ1v) is 4.77. The van der Waals surface area contributed by atoms with Crippen molar-refractivity contribution in [3.05, 3.63) is 28.8 Å². The summed E-state index contributed by atoms with van der Waals surface area (Å²) in [4.78, 5) is 11.2. The lowest BCUT2D eigenvalue weighted by Gasteiger charge is -2.06. The van der Waals surface area contributed by atoms with Crippen LogP contribution in [0.15, 0.2) is 18.2 Å². The number of nitrogens with one attached hydrogen (secondary N) is 1. The van der Waals surface area contributed by atoms with E-state index in [1.54, 1.807) is 12.1 Å². The van der Waals surface area contributed by atoms with E-state index in [1.807, 2.05) is 13.0 Å². The highest BCUT2D eigenvalue weighted by atomic mass is 35.5. The SMILES string of the molecule is Cc1ccc(NC(=O)CCN)c(Cl)c1.Cl. The molecule has 5 heteroatoms. The van der Waals surface area contributed by atoms with Crippen LogP contribution in [0.2, 0.25) is 5.02 Å². The summed E-state index contributed by atoms with van der Waals surface area (Å²) in [5.74, 6) is -0.113. The molecule has 0 aliphatic carbocycles. The molecule has 1 amide bonds. The first kappa shape index (κ1) is 14.2. The van der Waals surface area contributed by atoms with Gasteiger partial charge in [0.2, 0.25) is 5.91 Å². The quantitative estimate of drug-likeness (QED) is 0.863. The zero-order valence-corrected chi connectivity index (χ0v) is 9.99. The largest absolute Gasteiger partial charge is 0.330 e. The summed E-state index contributed by atoms with van der Waals surface area (Å²) in [7, 11) is 0. The zero-order chi connectivity index (χ0) is 10.6. The van der Waals surface area contributed by atoms with Crippen LogP contribution in [0.5, 0.6) is 0 Å². The van der Waals surface area contributed by atoms with Crippen LogP contribution in [0.3, 0.4) is 0 Å². The van der Waals surface area contributed by atoms with Crippen LogP contribution in [0.4, 0.5) is 5.69 Å². The zero-order valence-electron chi connectivity index (χ0n) is 8.42. The monoisotopic (exact) mass is 248 g/mol. The number of amides is 1. The van der Waals surface area contributed by atoms with E-state index in [9.17, 15) is 4.79 Å². The fraction of sp³-hybridized carbons (Fsp3) is 0.300. The van der Waals surface area contributed by atoms with Crippen molar-refractivity contribution in [2.45, 2.75) is 13.3 Å². The van der Waals surface area contributed by atoms with E-state index in [4.69, 9.17) is 17.3 Å². The average Bonchev–Trinajstić information content (AvgIpc) is 2.10. The molecule has 1 aromatic rings. The summed E-state index contributed by atoms with van der Waals surface area (Å²) < 4.78 is 0. The second-order valence-corrected chi connectivity index (χ2v) is 3.48. The van der Waals surface area contributed by atoms with E-state index >= 15 is 0 Å². The van der Waals surface area contributed by atoms with Gasteiger partial charge in [0.05, 0.1) is 10.7 Å². The summed E-state index contributed by atoms with van der Waals surface area (Å²) in [6.45, 7) is 2.28. The van der Waals surface area contributed by atoms with Crippen LogP contribution in [0, 0.1) is 6.92 Å². The van der Waals surface area contributed by atoms with Crippen molar-refractivity contribution in [3.8, 4) is 0 Å². The van der Waals surface area contributed by atoms with Crippen LogP contribution in [-0.2, 0) is 4.79 Å². The molecule has 3 nitrogen and oxygen atoms in total. The first-order valence-electron chi connectivity index (χ1n) is 4.39. The highest BCUT2D eigenvalue weighted by Gasteiger charge is 2.04. The Hall–Kier alpha value is -0.770. The van der Waals surface area contributed by atoms with Crippen molar-refractivity contribution in [1.29, 1.82) is 0 Å². The van der Waals surface area contributed by atoms with E-state index in [1.165, 1.54) is 0 Å². The van der Waals surface area contributed by atoms with Crippen molar-refractivity contribution in [1.82, 2.24) is 0 Å². The Bertz CT molecular complexity index is 342. The molecule has 0 atom stereocenters. The van der Waals surface area contributed by atoms with E-state index in [0.29, 0.717) is 23.7 Å². The van der Waals surface area contributed by atoms with Crippen LogP contribution >= 0.6 is 24.0 Å². The van der Waals surface area contributed by atoms with Gasteiger partial charge in [0.1, 0.15) is 0 Å². The lowest BCUT2D eigenvalue weighted by molar-refractivity contribution is -0.116. The molecule has 84 valence electrons. The van der Waals surface area contributed by atoms with Crippen LogP contribution in [0.1, 0.15) is 12.0 Å². The molecule has 0 aliphatic heterocycles. The van der Waals surface area contributed by atoms with E-state index in [2.05, 4.69) is 5.32 Å². The second kappa shape index (κ2) is 6.67. The maximum absolute atomic E-state index is 11.2. The summed E-state index contributed by atoms with van der Waals surface area (Å²) in [5, 5.41) is 3.24. The van der Waals surface area contributed by atoms with Gasteiger partial charge in [-0.2, -0.15) is 0 Å². The average molecular weight is 249 g/mol. The molecule has 0 bridgehead atoms. The highest BCUT2D eigenvalue weighted by molar-refractivity contribution is 6.33. The molecule has 3 N–H and O–H groups in total. The third kappa shape index (κ3) is 4.51. The predicted molar refractivity (Wildman–Crippen MR) is 65.7 cm³/mol. The van der Waals surface area contributed by atoms with Gasteiger partial charge in [-0.15, -0.1) is 12.4 Å². The highest BCUT2D eigenvalue weighted by Crippen LogP contribution is 2.22. The fourth-order valence-corrected chi connectivity index (χ4v) is 1.35. The molecular weight excluding hydrogens is 235 g/mol. The molecule has 1 aromatic carbocycles. The van der Waals surface area contributed by atoms with Gasteiger partial charge in [0.25, 0.3) is 0 Å². The molecule has 0 fully saturated rings. The lowest BCUT2D eigenvalue weighted by atomic mass is 10.2. The van der Waals surface area contributed by atoms with E-state index in [-0.39, 0.29) is 18.3 Å². The van der Waals surface area contributed by atoms with Crippen molar-refractivity contribution in [2.75, 3.05) is 11.9 Å². The number of benzene rings is 1. The van der Waals surface area contributed by atoms with Gasteiger partial charge >= 0.3 is 0 Å². The van der Waals surface area contributed by atoms with Crippen molar-refractivity contribution in [2.24, 2.45) is 5.73 Å². The standard InChI is InChI=1S/C10H13ClN2O.ClH/c1-7-2-3-9(8(11)6-7)13-10(14)4-5-12;/h2-3,6H,4-5,12H2,1H3,(H,13,14);1H. The van der Waals surface area contributed by atoms with Gasteiger partial charge in [-0.05, 0) is 24.6 Å². The van der Waals surface area contributed by atoms with E-state index in [0.717, 1.165) is 5.56 Å². The topological polar surface area (TPSA) is 55.1 Å². The Kier molecular flexibility index (Phi) is 6.32.